The van der Waals surface area contributed by atoms with Crippen LogP contribution in [0.25, 0.3) is 0 Å². The van der Waals surface area contributed by atoms with Crippen molar-refractivity contribution >= 4 is 17.5 Å². The molecule has 0 saturated carbocycles. The number of hydrogen-bond acceptors (Lipinski definition) is 2. The molecule has 1 fully saturated rings. The van der Waals surface area contributed by atoms with Crippen LogP contribution in [-0.2, 0) is 15.8 Å². The number of para-hydroxylation sites is 1. The van der Waals surface area contributed by atoms with Crippen LogP contribution in [0.1, 0.15) is 45.6 Å². The minimum atomic E-state index is -4.55. The fourth-order valence-electron chi connectivity index (χ4n) is 3.73. The van der Waals surface area contributed by atoms with Gasteiger partial charge in [-0.3, -0.25) is 9.59 Å². The first kappa shape index (κ1) is 22.2. The standard InChI is InChI=1S/C20H28F3N3O2/c1-13-8-7-9-14(2)26(13)19(28)15(3)25(4)12-18(27)24-17-11-6-5-10-16(17)20(21,22)23/h5-6,10-11,13-15H,7-9,12H2,1-4H3,(H,24,27)/p+1/t13-,14-,15+/m0/s1. The van der Waals surface area contributed by atoms with Crippen molar-refractivity contribution in [2.75, 3.05) is 18.9 Å². The molecule has 2 N–H and O–H groups in total. The Morgan fingerprint density at radius 2 is 1.79 bits per heavy atom. The highest BCUT2D eigenvalue weighted by molar-refractivity contribution is 5.92. The van der Waals surface area contributed by atoms with Gasteiger partial charge in [0.1, 0.15) is 0 Å². The van der Waals surface area contributed by atoms with Crippen LogP contribution in [0.5, 0.6) is 0 Å². The van der Waals surface area contributed by atoms with Crippen molar-refractivity contribution in [3.63, 3.8) is 0 Å². The van der Waals surface area contributed by atoms with Crippen LogP contribution in [0.2, 0.25) is 0 Å². The van der Waals surface area contributed by atoms with Crippen LogP contribution in [0.3, 0.4) is 0 Å². The highest BCUT2D eigenvalue weighted by Crippen LogP contribution is 2.34. The zero-order chi connectivity index (χ0) is 21.1. The summed E-state index contributed by atoms with van der Waals surface area (Å²) in [6.45, 7) is 5.70. The quantitative estimate of drug-likeness (QED) is 0.797. The van der Waals surface area contributed by atoms with Gasteiger partial charge in [0.2, 0.25) is 0 Å². The summed E-state index contributed by atoms with van der Waals surface area (Å²) in [6, 6.07) is 4.70. The molecule has 8 heteroatoms. The molecule has 1 aromatic rings. The van der Waals surface area contributed by atoms with Crippen LogP contribution >= 0.6 is 0 Å². The lowest BCUT2D eigenvalue weighted by molar-refractivity contribution is -0.886. The van der Waals surface area contributed by atoms with E-state index >= 15 is 0 Å². The number of halogens is 3. The monoisotopic (exact) mass is 400 g/mol. The van der Waals surface area contributed by atoms with Gasteiger partial charge < -0.3 is 15.1 Å². The normalized spacial score (nSPS) is 22.5. The second-order valence-electron chi connectivity index (χ2n) is 7.71. The van der Waals surface area contributed by atoms with Gasteiger partial charge >= 0.3 is 6.18 Å². The molecule has 5 nitrogen and oxygen atoms in total. The summed E-state index contributed by atoms with van der Waals surface area (Å²) in [5, 5.41) is 2.33. The lowest BCUT2D eigenvalue weighted by Crippen LogP contribution is -3.15. The number of quaternary nitrogens is 1. The van der Waals surface area contributed by atoms with E-state index in [4.69, 9.17) is 0 Å². The van der Waals surface area contributed by atoms with Crippen molar-refractivity contribution < 1.29 is 27.7 Å². The number of carbonyl (C=O) groups excluding carboxylic acids is 2. The van der Waals surface area contributed by atoms with Crippen LogP contribution in [-0.4, -0.2) is 48.4 Å². The van der Waals surface area contributed by atoms with Crippen LogP contribution < -0.4 is 10.2 Å². The molecule has 4 atom stereocenters. The Bertz CT molecular complexity index is 698. The van der Waals surface area contributed by atoms with Crippen molar-refractivity contribution in [2.24, 2.45) is 0 Å². The third kappa shape index (κ3) is 5.25. The molecule has 0 aliphatic carbocycles. The molecule has 1 aliphatic heterocycles. The number of hydrogen-bond donors (Lipinski definition) is 2. The second kappa shape index (κ2) is 8.94. The van der Waals surface area contributed by atoms with E-state index in [0.29, 0.717) is 4.90 Å². The average Bonchev–Trinajstić information content (AvgIpc) is 2.60. The molecule has 1 saturated heterocycles. The molecular formula is C20H29F3N3O2+. The van der Waals surface area contributed by atoms with Crippen LogP contribution in [0.4, 0.5) is 18.9 Å². The molecule has 0 radical (unpaired) electrons. The molecule has 1 aromatic carbocycles. The minimum absolute atomic E-state index is 0.0271. The van der Waals surface area contributed by atoms with Gasteiger partial charge in [0.15, 0.2) is 12.6 Å². The number of likely N-dealkylation sites (tertiary alicyclic amines) is 1. The number of alkyl halides is 3. The molecule has 1 aliphatic rings. The summed E-state index contributed by atoms with van der Waals surface area (Å²) in [7, 11) is 1.71. The molecule has 2 rings (SSSR count). The summed E-state index contributed by atoms with van der Waals surface area (Å²) < 4.78 is 39.2. The Balaban J connectivity index is 2.01. The number of amides is 2. The van der Waals surface area contributed by atoms with Crippen molar-refractivity contribution in [3.8, 4) is 0 Å². The van der Waals surface area contributed by atoms with Gasteiger partial charge in [-0.2, -0.15) is 13.2 Å². The number of nitrogens with one attached hydrogen (secondary N) is 2. The molecule has 0 spiro atoms. The number of benzene rings is 1. The van der Waals surface area contributed by atoms with Crippen molar-refractivity contribution in [1.29, 1.82) is 0 Å². The zero-order valence-corrected chi connectivity index (χ0v) is 16.8. The third-order valence-corrected chi connectivity index (χ3v) is 5.50. The van der Waals surface area contributed by atoms with Crippen molar-refractivity contribution in [2.45, 2.75) is 64.3 Å². The largest absolute Gasteiger partial charge is 0.418 e. The summed E-state index contributed by atoms with van der Waals surface area (Å²) in [5.74, 6) is -0.589. The van der Waals surface area contributed by atoms with Gasteiger partial charge in [0.05, 0.1) is 18.3 Å². The highest BCUT2D eigenvalue weighted by Gasteiger charge is 2.36. The summed E-state index contributed by atoms with van der Waals surface area (Å²) >= 11 is 0. The first-order valence-corrected chi connectivity index (χ1v) is 9.63. The second-order valence-corrected chi connectivity index (χ2v) is 7.71. The van der Waals surface area contributed by atoms with Gasteiger partial charge in [-0.25, -0.2) is 0 Å². The Morgan fingerprint density at radius 1 is 1.21 bits per heavy atom. The van der Waals surface area contributed by atoms with Gasteiger partial charge in [-0.05, 0) is 52.2 Å². The van der Waals surface area contributed by atoms with Gasteiger partial charge in [0.25, 0.3) is 11.8 Å². The molecule has 0 bridgehead atoms. The summed E-state index contributed by atoms with van der Waals surface area (Å²) in [6.07, 6.45) is -1.55. The fraction of sp³-hybridized carbons (Fsp3) is 0.600. The Labute approximate surface area is 163 Å². The van der Waals surface area contributed by atoms with E-state index in [1.807, 2.05) is 18.7 Å². The van der Waals surface area contributed by atoms with E-state index in [0.717, 1.165) is 25.3 Å². The Kier molecular flexibility index (Phi) is 7.09. The van der Waals surface area contributed by atoms with E-state index in [1.165, 1.54) is 18.2 Å². The first-order chi connectivity index (χ1) is 13.0. The topological polar surface area (TPSA) is 53.9 Å². The maximum atomic E-state index is 13.1. The average molecular weight is 400 g/mol. The third-order valence-electron chi connectivity index (χ3n) is 5.50. The van der Waals surface area contributed by atoms with Crippen LogP contribution in [0, 0.1) is 0 Å². The van der Waals surface area contributed by atoms with Crippen LogP contribution in [0.15, 0.2) is 24.3 Å². The van der Waals surface area contributed by atoms with Crippen molar-refractivity contribution in [1.82, 2.24) is 4.90 Å². The van der Waals surface area contributed by atoms with Gasteiger partial charge in [-0.15, -0.1) is 0 Å². The van der Waals surface area contributed by atoms with E-state index in [2.05, 4.69) is 5.32 Å². The number of piperidine rings is 1. The van der Waals surface area contributed by atoms with E-state index in [1.54, 1.807) is 14.0 Å². The summed E-state index contributed by atoms with van der Waals surface area (Å²) in [4.78, 5) is 27.7. The zero-order valence-electron chi connectivity index (χ0n) is 16.8. The maximum absolute atomic E-state index is 13.1. The minimum Gasteiger partial charge on any atom is -0.332 e. The smallest absolute Gasteiger partial charge is 0.332 e. The predicted molar refractivity (Wildman–Crippen MR) is 101 cm³/mol. The Morgan fingerprint density at radius 3 is 2.36 bits per heavy atom. The first-order valence-electron chi connectivity index (χ1n) is 9.63. The van der Waals surface area contributed by atoms with E-state index in [9.17, 15) is 22.8 Å². The van der Waals surface area contributed by atoms with Gasteiger partial charge in [0, 0.05) is 12.1 Å². The molecule has 1 unspecified atom stereocenters. The summed E-state index contributed by atoms with van der Waals surface area (Å²) in [5.41, 5.74) is -1.16. The van der Waals surface area contributed by atoms with Crippen molar-refractivity contribution in [3.05, 3.63) is 29.8 Å². The van der Waals surface area contributed by atoms with Gasteiger partial charge in [-0.1, -0.05) is 12.1 Å². The number of nitrogens with zero attached hydrogens (tertiary/aromatic N) is 1. The lowest BCUT2D eigenvalue weighted by atomic mass is 9.96. The SMILES string of the molecule is C[C@H](C(=O)N1[C@@H](C)CCC[C@@H]1C)[NH+](C)CC(=O)Nc1ccccc1C(F)(F)F. The molecule has 156 valence electrons. The number of carbonyl (C=O) groups is 2. The molecule has 0 aromatic heterocycles. The number of anilines is 1. The number of likely N-dealkylation sites (N-methyl/N-ethyl adjacent to an activating group) is 1. The lowest BCUT2D eigenvalue weighted by Gasteiger charge is -2.40. The molecule has 28 heavy (non-hydrogen) atoms. The van der Waals surface area contributed by atoms with E-state index < -0.39 is 23.7 Å². The predicted octanol–water partition coefficient (Wildman–Crippen LogP) is 2.34. The Hall–Kier alpha value is -2.09. The fourth-order valence-corrected chi connectivity index (χ4v) is 3.73. The molecular weight excluding hydrogens is 371 g/mol. The number of rotatable bonds is 5. The van der Waals surface area contributed by atoms with E-state index in [-0.39, 0.29) is 30.2 Å². The highest BCUT2D eigenvalue weighted by atomic mass is 19.4. The maximum Gasteiger partial charge on any atom is 0.418 e. The molecule has 1 heterocycles. The molecule has 2 amide bonds.